The van der Waals surface area contributed by atoms with Crippen molar-refractivity contribution in [1.82, 2.24) is 19.8 Å². The molecule has 0 spiro atoms. The molecule has 0 radical (unpaired) electrons. The summed E-state index contributed by atoms with van der Waals surface area (Å²) in [5.41, 5.74) is 5.28. The monoisotopic (exact) mass is 928 g/mol. The Hall–Kier alpha value is -5.90. The van der Waals surface area contributed by atoms with E-state index in [1.165, 1.54) is 9.80 Å². The first kappa shape index (κ1) is 46.6. The Balaban J connectivity index is 0.000000174. The van der Waals surface area contributed by atoms with Crippen molar-refractivity contribution in [3.05, 3.63) is 185 Å². The molecule has 63 heavy (non-hydrogen) atoms. The second kappa shape index (κ2) is 22.5. The highest BCUT2D eigenvalue weighted by atomic mass is 79.9. The molecule has 2 aliphatic rings. The lowest BCUT2D eigenvalue weighted by Crippen LogP contribution is -2.49. The van der Waals surface area contributed by atoms with Gasteiger partial charge in [-0.2, -0.15) is 26.3 Å². The van der Waals surface area contributed by atoms with Gasteiger partial charge in [0.05, 0.1) is 24.5 Å². The highest BCUT2D eigenvalue weighted by Crippen LogP contribution is 2.24. The quantitative estimate of drug-likeness (QED) is 0.0885. The van der Waals surface area contributed by atoms with Crippen LogP contribution >= 0.6 is 15.9 Å². The molecular weight excluding hydrogens is 882 g/mol. The van der Waals surface area contributed by atoms with Crippen LogP contribution in [-0.4, -0.2) is 109 Å². The second-order valence-corrected chi connectivity index (χ2v) is 15.5. The molecule has 2 fully saturated rings. The van der Waals surface area contributed by atoms with E-state index in [9.17, 15) is 26.3 Å². The van der Waals surface area contributed by atoms with Crippen LogP contribution in [0.2, 0.25) is 0 Å². The van der Waals surface area contributed by atoms with Crippen LogP contribution in [0.5, 0.6) is 0 Å². The van der Waals surface area contributed by atoms with Gasteiger partial charge in [0.1, 0.15) is 16.2 Å². The van der Waals surface area contributed by atoms with Crippen LogP contribution in [0.1, 0.15) is 22.3 Å². The SMILES string of the molecule is FC(F)(F)CN1CCN(c2cccc(Br)n2)CC1.FC(F)(F)CN1CCN(c2cccc(N=C(c3ccccc3)c3ccccc3)n2)CC1.N=C(c1ccccc1)c1ccccc1. The minimum atomic E-state index is -4.17. The number of halogens is 7. The third-order valence-corrected chi connectivity index (χ3v) is 10.5. The van der Waals surface area contributed by atoms with Crippen LogP contribution in [0.4, 0.5) is 43.8 Å². The lowest BCUT2D eigenvalue weighted by molar-refractivity contribution is -0.147. The van der Waals surface area contributed by atoms with Gasteiger partial charge in [-0.3, -0.25) is 15.2 Å². The Bertz CT molecular complexity index is 2250. The van der Waals surface area contributed by atoms with Crippen LogP contribution < -0.4 is 9.80 Å². The van der Waals surface area contributed by atoms with E-state index in [1.54, 1.807) is 0 Å². The molecule has 2 aliphatic heterocycles. The summed E-state index contributed by atoms with van der Waals surface area (Å²) < 4.78 is 75.3. The van der Waals surface area contributed by atoms with Gasteiger partial charge < -0.3 is 9.80 Å². The number of piperazine rings is 2. The molecule has 4 aromatic carbocycles. The van der Waals surface area contributed by atoms with Crippen molar-refractivity contribution in [1.29, 1.82) is 5.41 Å². The average Bonchev–Trinajstić information content (AvgIpc) is 3.29. The fourth-order valence-corrected chi connectivity index (χ4v) is 7.31. The standard InChI is InChI=1S/C24H23F3N4.C13H11N.C11H13BrF3N3/c25-24(26,27)18-30-14-16-31(17-15-30)22-13-7-12-21(28-22)29-23(19-8-3-1-4-9-19)20-10-5-2-6-11-20;14-13(11-7-3-1-4-8-11)12-9-5-2-6-10-12;12-9-2-1-3-10(16-9)18-6-4-17(5-7-18)8-11(13,14)15/h1-13H,14-18H2;1-10,14H;1-3H,4-8H2. The molecule has 15 heteroatoms. The minimum Gasteiger partial charge on any atom is -0.354 e. The fourth-order valence-electron chi connectivity index (χ4n) is 6.98. The third kappa shape index (κ3) is 15.2. The largest absolute Gasteiger partial charge is 0.401 e. The molecule has 0 saturated carbocycles. The number of hydrogen-bond acceptors (Lipinski definition) is 8. The molecule has 0 atom stereocenters. The van der Waals surface area contributed by atoms with Crippen molar-refractivity contribution < 1.29 is 26.3 Å². The molecule has 8 rings (SSSR count). The van der Waals surface area contributed by atoms with Crippen molar-refractivity contribution in [3.63, 3.8) is 0 Å². The highest BCUT2D eigenvalue weighted by Gasteiger charge is 2.33. The lowest BCUT2D eigenvalue weighted by atomic mass is 10.0. The Morgan fingerprint density at radius 1 is 0.476 bits per heavy atom. The fraction of sp³-hybridized carbons (Fsp3) is 0.250. The van der Waals surface area contributed by atoms with Crippen molar-refractivity contribution in [2.75, 3.05) is 75.2 Å². The van der Waals surface area contributed by atoms with Gasteiger partial charge in [-0.25, -0.2) is 15.0 Å². The number of nitrogens with one attached hydrogen (secondary N) is 1. The zero-order valence-corrected chi connectivity index (χ0v) is 35.9. The number of aromatic nitrogens is 2. The van der Waals surface area contributed by atoms with Gasteiger partial charge in [0, 0.05) is 63.5 Å². The zero-order valence-electron chi connectivity index (χ0n) is 34.4. The van der Waals surface area contributed by atoms with Crippen LogP contribution in [0.15, 0.2) is 167 Å². The molecule has 0 unspecified atom stereocenters. The van der Waals surface area contributed by atoms with E-state index in [0.717, 1.165) is 44.2 Å². The van der Waals surface area contributed by atoms with E-state index in [0.29, 0.717) is 63.9 Å². The maximum Gasteiger partial charge on any atom is 0.401 e. The van der Waals surface area contributed by atoms with Gasteiger partial charge in [-0.1, -0.05) is 133 Å². The molecule has 1 N–H and O–H groups in total. The third-order valence-electron chi connectivity index (χ3n) is 10.1. The molecule has 2 aromatic heterocycles. The summed E-state index contributed by atoms with van der Waals surface area (Å²) in [5.74, 6) is 2.10. The molecule has 2 saturated heterocycles. The number of benzene rings is 4. The summed E-state index contributed by atoms with van der Waals surface area (Å²) in [7, 11) is 0. The van der Waals surface area contributed by atoms with Crippen molar-refractivity contribution >= 4 is 44.8 Å². The normalized spacial score (nSPS) is 14.7. The Morgan fingerprint density at radius 3 is 1.22 bits per heavy atom. The Morgan fingerprint density at radius 2 is 0.841 bits per heavy atom. The van der Waals surface area contributed by atoms with E-state index in [2.05, 4.69) is 25.9 Å². The average molecular weight is 930 g/mol. The summed E-state index contributed by atoms with van der Waals surface area (Å²) in [4.78, 5) is 20.7. The second-order valence-electron chi connectivity index (χ2n) is 14.7. The molecule has 4 heterocycles. The first-order valence-electron chi connectivity index (χ1n) is 20.4. The van der Waals surface area contributed by atoms with Crippen LogP contribution in [0.25, 0.3) is 0 Å². The molecule has 0 bridgehead atoms. The zero-order chi connectivity index (χ0) is 44.7. The predicted octanol–water partition coefficient (Wildman–Crippen LogP) is 10.6. The minimum absolute atomic E-state index is 0.355. The van der Waals surface area contributed by atoms with Gasteiger partial charge in [-0.15, -0.1) is 0 Å². The predicted molar refractivity (Wildman–Crippen MR) is 243 cm³/mol. The number of anilines is 2. The Labute approximate surface area is 372 Å². The Kier molecular flexibility index (Phi) is 16.6. The molecule has 328 valence electrons. The van der Waals surface area contributed by atoms with Crippen molar-refractivity contribution in [2.45, 2.75) is 12.4 Å². The summed E-state index contributed by atoms with van der Waals surface area (Å²) >= 11 is 3.28. The van der Waals surface area contributed by atoms with Crippen LogP contribution in [-0.2, 0) is 0 Å². The summed E-state index contributed by atoms with van der Waals surface area (Å²) in [6, 6.07) is 50.5. The topological polar surface area (TPSA) is 75.0 Å². The number of nitrogens with zero attached hydrogens (tertiary/aromatic N) is 7. The van der Waals surface area contributed by atoms with Gasteiger partial charge in [0.15, 0.2) is 5.82 Å². The maximum atomic E-state index is 12.6. The molecule has 6 aromatic rings. The van der Waals surface area contributed by atoms with Crippen LogP contribution in [0, 0.1) is 5.41 Å². The number of alkyl halides is 6. The van der Waals surface area contributed by atoms with Gasteiger partial charge >= 0.3 is 12.4 Å². The molecular formula is C48H47BrF6N8. The summed E-state index contributed by atoms with van der Waals surface area (Å²) in [6.07, 6.45) is -8.28. The van der Waals surface area contributed by atoms with E-state index in [1.807, 2.05) is 168 Å². The van der Waals surface area contributed by atoms with E-state index in [-0.39, 0.29) is 0 Å². The number of rotatable bonds is 9. The lowest BCUT2D eigenvalue weighted by Gasteiger charge is -2.35. The molecule has 0 amide bonds. The van der Waals surface area contributed by atoms with Gasteiger partial charge in [0.2, 0.25) is 0 Å². The van der Waals surface area contributed by atoms with E-state index in [4.69, 9.17) is 10.4 Å². The highest BCUT2D eigenvalue weighted by molar-refractivity contribution is 9.10. The van der Waals surface area contributed by atoms with Crippen molar-refractivity contribution in [3.8, 4) is 0 Å². The van der Waals surface area contributed by atoms with Crippen molar-refractivity contribution in [2.24, 2.45) is 4.99 Å². The van der Waals surface area contributed by atoms with Gasteiger partial charge in [-0.05, 0) is 51.3 Å². The first-order chi connectivity index (χ1) is 30.3. The van der Waals surface area contributed by atoms with Crippen LogP contribution in [0.3, 0.4) is 0 Å². The molecule has 8 nitrogen and oxygen atoms in total. The van der Waals surface area contributed by atoms with E-state index >= 15 is 0 Å². The number of aliphatic imine (C=N–C) groups is 1. The molecule has 0 aliphatic carbocycles. The number of pyridine rings is 2. The van der Waals surface area contributed by atoms with Gasteiger partial charge in [0.25, 0.3) is 0 Å². The number of hydrogen-bond donors (Lipinski definition) is 1. The smallest absolute Gasteiger partial charge is 0.354 e. The summed E-state index contributed by atoms with van der Waals surface area (Å²) in [5, 5.41) is 7.97. The maximum absolute atomic E-state index is 12.6. The first-order valence-corrected chi connectivity index (χ1v) is 21.2. The van der Waals surface area contributed by atoms with E-state index < -0.39 is 25.4 Å². The summed E-state index contributed by atoms with van der Waals surface area (Å²) in [6.45, 7) is 1.98.